The zero-order valence-corrected chi connectivity index (χ0v) is 48.9. The van der Waals surface area contributed by atoms with Gasteiger partial charge in [-0.05, 0) is 51.4 Å². The summed E-state index contributed by atoms with van der Waals surface area (Å²) >= 11 is 0. The van der Waals surface area contributed by atoms with Crippen molar-refractivity contribution in [1.82, 2.24) is 5.32 Å². The Labute approximate surface area is 450 Å². The fourth-order valence-corrected chi connectivity index (χ4v) is 10.5. The molecule has 0 aliphatic rings. The van der Waals surface area contributed by atoms with Gasteiger partial charge < -0.3 is 20.3 Å². The normalized spacial score (nSPS) is 12.6. The van der Waals surface area contributed by atoms with Gasteiger partial charge in [-0.1, -0.05) is 321 Å². The molecule has 0 aromatic carbocycles. The number of amides is 1. The molecule has 0 aromatic rings. The second kappa shape index (κ2) is 62.1. The highest BCUT2D eigenvalue weighted by atomic mass is 16.5. The van der Waals surface area contributed by atoms with E-state index in [4.69, 9.17) is 4.74 Å². The lowest BCUT2D eigenvalue weighted by atomic mass is 10.0. The largest absolute Gasteiger partial charge is 0.466 e. The van der Waals surface area contributed by atoms with E-state index in [0.29, 0.717) is 25.9 Å². The monoisotopic (exact) mass is 1020 g/mol. The summed E-state index contributed by atoms with van der Waals surface area (Å²) in [6.45, 7) is 4.98. The van der Waals surface area contributed by atoms with Gasteiger partial charge in [0.15, 0.2) is 0 Å². The van der Waals surface area contributed by atoms with Crippen molar-refractivity contribution in [3.8, 4) is 0 Å². The summed E-state index contributed by atoms with van der Waals surface area (Å²) < 4.78 is 5.49. The van der Waals surface area contributed by atoms with Gasteiger partial charge in [0.25, 0.3) is 0 Å². The van der Waals surface area contributed by atoms with E-state index in [-0.39, 0.29) is 18.5 Å². The van der Waals surface area contributed by atoms with E-state index in [0.717, 1.165) is 44.9 Å². The van der Waals surface area contributed by atoms with Gasteiger partial charge in [0.2, 0.25) is 5.91 Å². The third-order valence-electron chi connectivity index (χ3n) is 15.6. The molecule has 0 aromatic heterocycles. The van der Waals surface area contributed by atoms with Gasteiger partial charge in [0.1, 0.15) is 0 Å². The summed E-state index contributed by atoms with van der Waals surface area (Å²) in [4.78, 5) is 24.6. The SMILES string of the molecule is CCCCCCCC/C=C\CCCCCCCC(=O)OCCCCCCCCCCCCCCCCCCCCCCCCCCC(=O)NC(CO)C(O)CCCCCCCCCCCCCCCCCC. The molecule has 0 spiro atoms. The first kappa shape index (κ1) is 70.6. The molecular weight excluding hydrogens is 887 g/mol. The van der Waals surface area contributed by atoms with Crippen molar-refractivity contribution in [1.29, 1.82) is 0 Å². The minimum Gasteiger partial charge on any atom is -0.466 e. The molecule has 2 atom stereocenters. The van der Waals surface area contributed by atoms with Gasteiger partial charge in [0, 0.05) is 12.8 Å². The maximum absolute atomic E-state index is 12.5. The Kier molecular flexibility index (Phi) is 60.9. The molecule has 0 heterocycles. The van der Waals surface area contributed by atoms with Gasteiger partial charge in [0.05, 0.1) is 25.4 Å². The number of unbranched alkanes of at least 4 members (excludes halogenated alkanes) is 49. The van der Waals surface area contributed by atoms with Crippen molar-refractivity contribution >= 4 is 11.9 Å². The molecule has 0 rings (SSSR count). The number of aliphatic hydroxyl groups excluding tert-OH is 2. The highest BCUT2D eigenvalue weighted by Crippen LogP contribution is 2.19. The molecule has 0 fully saturated rings. The summed E-state index contributed by atoms with van der Waals surface area (Å²) in [7, 11) is 0. The molecular formula is C66H129NO5. The number of esters is 1. The average molecular weight is 1020 g/mol. The molecule has 6 heteroatoms. The molecule has 72 heavy (non-hydrogen) atoms. The third-order valence-corrected chi connectivity index (χ3v) is 15.6. The summed E-state index contributed by atoms with van der Waals surface area (Å²) in [5.74, 6) is -0.0223. The zero-order valence-electron chi connectivity index (χ0n) is 48.9. The molecule has 2 unspecified atom stereocenters. The minimum absolute atomic E-state index is 0.00839. The maximum atomic E-state index is 12.5. The summed E-state index contributed by atoms with van der Waals surface area (Å²) in [5.41, 5.74) is 0. The third kappa shape index (κ3) is 57.9. The fraction of sp³-hybridized carbons (Fsp3) is 0.939. The van der Waals surface area contributed by atoms with Gasteiger partial charge in [-0.15, -0.1) is 0 Å². The summed E-state index contributed by atoms with van der Waals surface area (Å²) in [6, 6.07) is -0.540. The Morgan fingerprint density at radius 1 is 0.375 bits per heavy atom. The van der Waals surface area contributed by atoms with Crippen LogP contribution in [0.5, 0.6) is 0 Å². The molecule has 428 valence electrons. The van der Waals surface area contributed by atoms with Crippen molar-refractivity contribution in [3.63, 3.8) is 0 Å². The lowest BCUT2D eigenvalue weighted by Gasteiger charge is -2.22. The first-order valence-corrected chi connectivity index (χ1v) is 32.9. The standard InChI is InChI=1S/C66H129NO5/c1-3-5-7-9-11-13-15-17-19-31-34-38-42-46-50-54-58-64(69)63(62-68)67-65(70)59-55-51-47-43-39-35-32-28-26-24-22-20-21-23-25-27-29-33-37-41-45-49-53-57-61-72-66(71)60-56-52-48-44-40-36-30-18-16-14-12-10-8-6-4-2/h18,30,63-64,68-69H,3-17,19-29,31-62H2,1-2H3,(H,67,70)/b30-18-. The second-order valence-corrected chi connectivity index (χ2v) is 22.8. The predicted octanol–water partition coefficient (Wildman–Crippen LogP) is 20.8. The number of hydrogen-bond acceptors (Lipinski definition) is 5. The van der Waals surface area contributed by atoms with Gasteiger partial charge >= 0.3 is 5.97 Å². The van der Waals surface area contributed by atoms with Crippen LogP contribution in [0, 0.1) is 0 Å². The Balaban J connectivity index is 3.36. The molecule has 1 amide bonds. The molecule has 0 radical (unpaired) electrons. The van der Waals surface area contributed by atoms with Crippen LogP contribution in [0.15, 0.2) is 12.2 Å². The average Bonchev–Trinajstić information content (AvgIpc) is 3.38. The highest BCUT2D eigenvalue weighted by molar-refractivity contribution is 5.76. The van der Waals surface area contributed by atoms with Crippen LogP contribution in [-0.2, 0) is 14.3 Å². The minimum atomic E-state index is -0.663. The number of hydrogen-bond donors (Lipinski definition) is 3. The Morgan fingerprint density at radius 2 is 0.653 bits per heavy atom. The van der Waals surface area contributed by atoms with Gasteiger partial charge in [-0.3, -0.25) is 9.59 Å². The smallest absolute Gasteiger partial charge is 0.305 e. The first-order chi connectivity index (χ1) is 35.5. The highest BCUT2D eigenvalue weighted by Gasteiger charge is 2.20. The summed E-state index contributed by atoms with van der Waals surface area (Å²) in [5, 5.41) is 23.3. The van der Waals surface area contributed by atoms with E-state index in [1.807, 2.05) is 0 Å². The molecule has 0 aliphatic carbocycles. The van der Waals surface area contributed by atoms with Crippen LogP contribution in [0.4, 0.5) is 0 Å². The molecule has 0 bridgehead atoms. The van der Waals surface area contributed by atoms with Gasteiger partial charge in [-0.25, -0.2) is 0 Å². The first-order valence-electron chi connectivity index (χ1n) is 32.9. The van der Waals surface area contributed by atoms with Crippen LogP contribution in [0.3, 0.4) is 0 Å². The summed E-state index contributed by atoms with van der Waals surface area (Å²) in [6.07, 6.45) is 75.2. The van der Waals surface area contributed by atoms with E-state index in [2.05, 4.69) is 31.3 Å². The van der Waals surface area contributed by atoms with Crippen LogP contribution in [0.1, 0.15) is 373 Å². The molecule has 6 nitrogen and oxygen atoms in total. The van der Waals surface area contributed by atoms with E-state index in [1.165, 1.54) is 295 Å². The predicted molar refractivity (Wildman–Crippen MR) is 315 cm³/mol. The number of ether oxygens (including phenoxy) is 1. The Bertz CT molecular complexity index is 1080. The van der Waals surface area contributed by atoms with Crippen molar-refractivity contribution in [2.75, 3.05) is 13.2 Å². The van der Waals surface area contributed by atoms with E-state index in [1.54, 1.807) is 0 Å². The quantitative estimate of drug-likeness (QED) is 0.0320. The van der Waals surface area contributed by atoms with Crippen molar-refractivity contribution in [2.24, 2.45) is 0 Å². The van der Waals surface area contributed by atoms with Crippen LogP contribution >= 0.6 is 0 Å². The maximum Gasteiger partial charge on any atom is 0.305 e. The van der Waals surface area contributed by atoms with Crippen molar-refractivity contribution in [3.05, 3.63) is 12.2 Å². The second-order valence-electron chi connectivity index (χ2n) is 22.8. The van der Waals surface area contributed by atoms with Crippen molar-refractivity contribution < 1.29 is 24.5 Å². The molecule has 0 aliphatic heterocycles. The molecule has 3 N–H and O–H groups in total. The Hall–Kier alpha value is -1.40. The fourth-order valence-electron chi connectivity index (χ4n) is 10.5. The topological polar surface area (TPSA) is 95.9 Å². The number of allylic oxidation sites excluding steroid dienone is 2. The van der Waals surface area contributed by atoms with E-state index >= 15 is 0 Å². The Morgan fingerprint density at radius 3 is 0.986 bits per heavy atom. The van der Waals surface area contributed by atoms with Crippen molar-refractivity contribution in [2.45, 2.75) is 386 Å². The van der Waals surface area contributed by atoms with Gasteiger partial charge in [-0.2, -0.15) is 0 Å². The number of carbonyl (C=O) groups is 2. The molecule has 0 saturated heterocycles. The zero-order chi connectivity index (χ0) is 52.2. The number of carbonyl (C=O) groups excluding carboxylic acids is 2. The van der Waals surface area contributed by atoms with Crippen LogP contribution in [-0.4, -0.2) is 47.4 Å². The van der Waals surface area contributed by atoms with Crippen LogP contribution in [0.25, 0.3) is 0 Å². The number of nitrogens with one attached hydrogen (secondary N) is 1. The lowest BCUT2D eigenvalue weighted by Crippen LogP contribution is -2.45. The van der Waals surface area contributed by atoms with Crippen LogP contribution in [0.2, 0.25) is 0 Å². The molecule has 0 saturated carbocycles. The van der Waals surface area contributed by atoms with E-state index in [9.17, 15) is 19.8 Å². The van der Waals surface area contributed by atoms with Crippen LogP contribution < -0.4 is 5.32 Å². The number of rotatable bonds is 62. The van der Waals surface area contributed by atoms with E-state index < -0.39 is 12.1 Å². The lowest BCUT2D eigenvalue weighted by molar-refractivity contribution is -0.143. The number of aliphatic hydroxyl groups is 2.